The molecule has 166 valence electrons. The summed E-state index contributed by atoms with van der Waals surface area (Å²) >= 11 is 6.30. The average Bonchev–Trinajstić information content (AvgIpc) is 2.76. The number of carbonyl (C=O) groups excluding carboxylic acids is 1. The van der Waals surface area contributed by atoms with Gasteiger partial charge in [0.1, 0.15) is 19.3 Å². The van der Waals surface area contributed by atoms with Gasteiger partial charge in [0.2, 0.25) is 5.91 Å². The second kappa shape index (κ2) is 9.46. The molecule has 2 aromatic rings. The van der Waals surface area contributed by atoms with Crippen molar-refractivity contribution in [2.75, 3.05) is 44.4 Å². The molecule has 4 rings (SSSR count). The Morgan fingerprint density at radius 1 is 1.10 bits per heavy atom. The van der Waals surface area contributed by atoms with Gasteiger partial charge in [-0.25, -0.2) is 8.42 Å². The fourth-order valence-electron chi connectivity index (χ4n) is 3.88. The summed E-state index contributed by atoms with van der Waals surface area (Å²) in [5, 5.41) is 3.50. The molecule has 2 aliphatic heterocycles. The smallest absolute Gasteiger partial charge is 0.241 e. The van der Waals surface area contributed by atoms with Crippen molar-refractivity contribution >= 4 is 27.3 Å². The second-order valence-electron chi connectivity index (χ2n) is 7.64. The molecule has 1 amide bonds. The van der Waals surface area contributed by atoms with Crippen molar-refractivity contribution in [1.82, 2.24) is 10.2 Å². The van der Waals surface area contributed by atoms with Gasteiger partial charge < -0.3 is 14.8 Å². The van der Waals surface area contributed by atoms with Gasteiger partial charge in [0.15, 0.2) is 21.3 Å². The summed E-state index contributed by atoms with van der Waals surface area (Å²) in [4.78, 5) is 15.1. The van der Waals surface area contributed by atoms with Crippen LogP contribution in [0.15, 0.2) is 42.5 Å². The van der Waals surface area contributed by atoms with E-state index in [0.29, 0.717) is 55.8 Å². The van der Waals surface area contributed by atoms with E-state index >= 15 is 0 Å². The minimum atomic E-state index is -3.03. The number of sulfone groups is 1. The lowest BCUT2D eigenvalue weighted by Gasteiger charge is -2.33. The largest absolute Gasteiger partial charge is 0.486 e. The first-order chi connectivity index (χ1) is 14.9. The van der Waals surface area contributed by atoms with Crippen LogP contribution in [-0.2, 0) is 21.1 Å². The molecule has 2 aliphatic rings. The number of hydrogen-bond acceptors (Lipinski definition) is 6. The number of amides is 1. The van der Waals surface area contributed by atoms with Crippen molar-refractivity contribution in [1.29, 1.82) is 0 Å². The number of benzene rings is 2. The molecular weight excluding hydrogens is 440 g/mol. The van der Waals surface area contributed by atoms with E-state index in [9.17, 15) is 13.2 Å². The Morgan fingerprint density at radius 2 is 1.81 bits per heavy atom. The van der Waals surface area contributed by atoms with Crippen molar-refractivity contribution in [2.24, 2.45) is 0 Å². The Kier molecular flexibility index (Phi) is 6.69. The highest BCUT2D eigenvalue weighted by molar-refractivity contribution is 7.91. The average molecular weight is 465 g/mol. The lowest BCUT2D eigenvalue weighted by Crippen LogP contribution is -2.47. The Morgan fingerprint density at radius 3 is 2.55 bits per heavy atom. The molecule has 0 spiro atoms. The van der Waals surface area contributed by atoms with Crippen LogP contribution in [0.1, 0.15) is 17.2 Å². The Bertz CT molecular complexity index is 1030. The Hall–Kier alpha value is -2.29. The fourth-order valence-corrected chi connectivity index (χ4v) is 5.40. The van der Waals surface area contributed by atoms with Crippen molar-refractivity contribution in [3.8, 4) is 11.5 Å². The van der Waals surface area contributed by atoms with Gasteiger partial charge in [-0.05, 0) is 29.7 Å². The summed E-state index contributed by atoms with van der Waals surface area (Å²) in [5.74, 6) is 1.18. The molecule has 1 fully saturated rings. The molecule has 9 heteroatoms. The van der Waals surface area contributed by atoms with E-state index in [-0.39, 0.29) is 17.4 Å². The van der Waals surface area contributed by atoms with E-state index in [1.165, 1.54) is 0 Å². The van der Waals surface area contributed by atoms with Crippen LogP contribution in [0.3, 0.4) is 0 Å². The molecule has 2 aromatic carbocycles. The minimum absolute atomic E-state index is 0.0688. The van der Waals surface area contributed by atoms with Crippen LogP contribution in [0, 0.1) is 0 Å². The van der Waals surface area contributed by atoms with Gasteiger partial charge in [-0.3, -0.25) is 9.69 Å². The summed E-state index contributed by atoms with van der Waals surface area (Å²) in [6.45, 7) is 2.05. The summed E-state index contributed by atoms with van der Waals surface area (Å²) in [6, 6.07) is 12.6. The highest BCUT2D eigenvalue weighted by Crippen LogP contribution is 2.38. The molecule has 2 heterocycles. The highest BCUT2D eigenvalue weighted by atomic mass is 35.5. The van der Waals surface area contributed by atoms with Crippen LogP contribution in [0.5, 0.6) is 11.5 Å². The second-order valence-corrected chi connectivity index (χ2v) is 10.4. The molecule has 1 N–H and O–H groups in total. The molecule has 0 radical (unpaired) electrons. The van der Waals surface area contributed by atoms with Gasteiger partial charge in [0.25, 0.3) is 0 Å². The van der Waals surface area contributed by atoms with Crippen molar-refractivity contribution in [2.45, 2.75) is 12.5 Å². The molecular formula is C22H25ClN2O5S. The first kappa shape index (κ1) is 21.9. The predicted octanol–water partition coefficient (Wildman–Crippen LogP) is 2.24. The van der Waals surface area contributed by atoms with Crippen LogP contribution in [0.4, 0.5) is 0 Å². The first-order valence-electron chi connectivity index (χ1n) is 10.3. The van der Waals surface area contributed by atoms with E-state index in [4.69, 9.17) is 21.1 Å². The third-order valence-electron chi connectivity index (χ3n) is 5.48. The van der Waals surface area contributed by atoms with E-state index < -0.39 is 15.9 Å². The first-order valence-corrected chi connectivity index (χ1v) is 12.5. The number of hydrogen-bond donors (Lipinski definition) is 1. The molecule has 1 atom stereocenters. The lowest BCUT2D eigenvalue weighted by atomic mass is 10.0. The summed E-state index contributed by atoms with van der Waals surface area (Å²) in [6.07, 6.45) is 0.581. The SMILES string of the molecule is O=C(NCCc1cc(Cl)c2c(c1)OCCO2)C(c1ccccc1)N1CCS(=O)(=O)CC1. The van der Waals surface area contributed by atoms with Crippen molar-refractivity contribution < 1.29 is 22.7 Å². The van der Waals surface area contributed by atoms with Crippen LogP contribution >= 0.6 is 11.6 Å². The van der Waals surface area contributed by atoms with Crippen LogP contribution in [0.2, 0.25) is 5.02 Å². The number of nitrogens with one attached hydrogen (secondary N) is 1. The standard InChI is InChI=1S/C22H25ClN2O5S/c23-18-14-16(15-19-21(18)30-11-10-29-19)6-7-24-22(26)20(17-4-2-1-3-5-17)25-8-12-31(27,28)13-9-25/h1-5,14-15,20H,6-13H2,(H,24,26). The Balaban J connectivity index is 1.43. The zero-order chi connectivity index (χ0) is 21.8. The number of rotatable bonds is 6. The van der Waals surface area contributed by atoms with E-state index in [1.54, 1.807) is 0 Å². The maximum absolute atomic E-state index is 13.1. The van der Waals surface area contributed by atoms with Gasteiger partial charge in [-0.1, -0.05) is 41.9 Å². The summed E-state index contributed by atoms with van der Waals surface area (Å²) in [7, 11) is -3.03. The number of carbonyl (C=O) groups is 1. The monoisotopic (exact) mass is 464 g/mol. The molecule has 0 aliphatic carbocycles. The zero-order valence-corrected chi connectivity index (χ0v) is 18.6. The minimum Gasteiger partial charge on any atom is -0.486 e. The third kappa shape index (κ3) is 5.31. The number of fused-ring (bicyclic) bond motifs is 1. The van der Waals surface area contributed by atoms with Gasteiger partial charge in [0.05, 0.1) is 16.5 Å². The number of halogens is 1. The molecule has 7 nitrogen and oxygen atoms in total. The third-order valence-corrected chi connectivity index (χ3v) is 7.37. The van der Waals surface area contributed by atoms with Gasteiger partial charge in [-0.15, -0.1) is 0 Å². The fraction of sp³-hybridized carbons (Fsp3) is 0.409. The van der Waals surface area contributed by atoms with Crippen molar-refractivity contribution in [3.63, 3.8) is 0 Å². The van der Waals surface area contributed by atoms with E-state index in [1.807, 2.05) is 47.4 Å². The van der Waals surface area contributed by atoms with Gasteiger partial charge >= 0.3 is 0 Å². The van der Waals surface area contributed by atoms with E-state index in [2.05, 4.69) is 5.32 Å². The molecule has 1 saturated heterocycles. The highest BCUT2D eigenvalue weighted by Gasteiger charge is 2.32. The maximum atomic E-state index is 13.1. The Labute approximate surface area is 187 Å². The van der Waals surface area contributed by atoms with Crippen LogP contribution in [0.25, 0.3) is 0 Å². The number of nitrogens with zero attached hydrogens (tertiary/aromatic N) is 1. The molecule has 0 bridgehead atoms. The van der Waals surface area contributed by atoms with Gasteiger partial charge in [-0.2, -0.15) is 0 Å². The quantitative estimate of drug-likeness (QED) is 0.705. The zero-order valence-electron chi connectivity index (χ0n) is 17.1. The summed E-state index contributed by atoms with van der Waals surface area (Å²) in [5.41, 5.74) is 1.79. The molecule has 0 aromatic heterocycles. The van der Waals surface area contributed by atoms with E-state index in [0.717, 1.165) is 11.1 Å². The van der Waals surface area contributed by atoms with Gasteiger partial charge in [0, 0.05) is 19.6 Å². The number of ether oxygens (including phenoxy) is 2. The predicted molar refractivity (Wildman–Crippen MR) is 119 cm³/mol. The molecule has 31 heavy (non-hydrogen) atoms. The lowest BCUT2D eigenvalue weighted by molar-refractivity contribution is -0.126. The normalized spacial score (nSPS) is 18.9. The maximum Gasteiger partial charge on any atom is 0.241 e. The topological polar surface area (TPSA) is 84.9 Å². The summed E-state index contributed by atoms with van der Waals surface area (Å²) < 4.78 is 34.8. The molecule has 1 unspecified atom stereocenters. The van der Waals surface area contributed by atoms with Crippen LogP contribution in [-0.4, -0.2) is 63.6 Å². The van der Waals surface area contributed by atoms with Crippen LogP contribution < -0.4 is 14.8 Å². The van der Waals surface area contributed by atoms with Crippen molar-refractivity contribution in [3.05, 3.63) is 58.6 Å². The molecule has 0 saturated carbocycles.